The molecule has 0 saturated carbocycles. The van der Waals surface area contributed by atoms with E-state index in [0.29, 0.717) is 0 Å². The fourth-order valence-corrected chi connectivity index (χ4v) is 4.23. The molecule has 1 aromatic heterocycles. The van der Waals surface area contributed by atoms with Crippen molar-refractivity contribution in [2.75, 3.05) is 0 Å². The van der Waals surface area contributed by atoms with Crippen molar-refractivity contribution < 1.29 is 4.43 Å². The van der Waals surface area contributed by atoms with Crippen molar-refractivity contribution in [2.45, 2.75) is 19.6 Å². The molecule has 0 amide bonds. The Morgan fingerprint density at radius 2 is 1.65 bits per heavy atom. The molecular weight excluding hydrogens is 284 g/mol. The van der Waals surface area contributed by atoms with Gasteiger partial charge in [-0.3, -0.25) is 4.79 Å². The van der Waals surface area contributed by atoms with Crippen LogP contribution in [0.15, 0.2) is 47.3 Å². The number of rotatable bonds is 2. The maximum absolute atomic E-state index is 12.6. The van der Waals surface area contributed by atoms with Crippen LogP contribution in [0.1, 0.15) is 0 Å². The van der Waals surface area contributed by atoms with E-state index < -0.39 is 8.32 Å². The lowest BCUT2D eigenvalue weighted by Gasteiger charge is -2.20. The molecule has 20 heavy (non-hydrogen) atoms. The van der Waals surface area contributed by atoms with Crippen molar-refractivity contribution in [3.8, 4) is 5.75 Å². The second-order valence-electron chi connectivity index (χ2n) is 5.77. The minimum Gasteiger partial charge on any atom is -0.543 e. The molecule has 2 aromatic carbocycles. The molecule has 3 rings (SSSR count). The van der Waals surface area contributed by atoms with Gasteiger partial charge in [-0.25, -0.2) is 0 Å². The first-order valence-corrected chi connectivity index (χ1v) is 10.8. The lowest BCUT2D eigenvalue weighted by atomic mass is 10.2. The molecule has 0 aliphatic heterocycles. The second-order valence-corrected chi connectivity index (χ2v) is 11.3. The van der Waals surface area contributed by atoms with Crippen LogP contribution in [0.4, 0.5) is 0 Å². The third-order valence-corrected chi connectivity index (χ3v) is 5.02. The lowest BCUT2D eigenvalue weighted by molar-refractivity contribution is 0.565. The number of benzene rings is 2. The molecular formula is C16H16O2SSi. The molecule has 0 aliphatic rings. The van der Waals surface area contributed by atoms with E-state index in [9.17, 15) is 4.79 Å². The zero-order valence-corrected chi connectivity index (χ0v) is 13.6. The smallest absolute Gasteiger partial charge is 0.242 e. The van der Waals surface area contributed by atoms with E-state index in [1.807, 2.05) is 42.5 Å². The van der Waals surface area contributed by atoms with Crippen molar-refractivity contribution in [3.63, 3.8) is 0 Å². The van der Waals surface area contributed by atoms with Crippen LogP contribution in [0.3, 0.4) is 0 Å². The van der Waals surface area contributed by atoms with Crippen LogP contribution in [-0.4, -0.2) is 8.32 Å². The Morgan fingerprint density at radius 3 is 2.40 bits per heavy atom. The fraction of sp³-hybridized carbons (Fsp3) is 0.188. The van der Waals surface area contributed by atoms with Gasteiger partial charge in [-0.1, -0.05) is 18.2 Å². The van der Waals surface area contributed by atoms with Crippen molar-refractivity contribution in [1.29, 1.82) is 0 Å². The van der Waals surface area contributed by atoms with Crippen LogP contribution < -0.4 is 9.85 Å². The molecule has 0 spiro atoms. The van der Waals surface area contributed by atoms with Gasteiger partial charge in [-0.15, -0.1) is 11.3 Å². The van der Waals surface area contributed by atoms with Crippen LogP contribution in [0.5, 0.6) is 5.75 Å². The van der Waals surface area contributed by atoms with Gasteiger partial charge in [0.2, 0.25) is 8.32 Å². The number of fused-ring (bicyclic) bond motifs is 2. The van der Waals surface area contributed by atoms with E-state index >= 15 is 0 Å². The second kappa shape index (κ2) is 4.72. The van der Waals surface area contributed by atoms with Gasteiger partial charge in [-0.2, -0.15) is 0 Å². The summed E-state index contributed by atoms with van der Waals surface area (Å²) in [6.07, 6.45) is 0. The molecule has 0 radical (unpaired) electrons. The molecule has 1 heterocycles. The maximum Gasteiger partial charge on any atom is 0.242 e. The highest BCUT2D eigenvalue weighted by atomic mass is 32.1. The van der Waals surface area contributed by atoms with Crippen LogP contribution in [0.2, 0.25) is 19.6 Å². The summed E-state index contributed by atoms with van der Waals surface area (Å²) < 4.78 is 8.10. The van der Waals surface area contributed by atoms with Crippen LogP contribution in [-0.2, 0) is 0 Å². The van der Waals surface area contributed by atoms with Gasteiger partial charge >= 0.3 is 0 Å². The van der Waals surface area contributed by atoms with E-state index in [4.69, 9.17) is 4.43 Å². The Kier molecular flexibility index (Phi) is 3.15. The van der Waals surface area contributed by atoms with E-state index in [0.717, 1.165) is 25.9 Å². The Hall–Kier alpha value is -1.65. The van der Waals surface area contributed by atoms with Crippen LogP contribution in [0.25, 0.3) is 20.2 Å². The van der Waals surface area contributed by atoms with E-state index in [2.05, 4.69) is 19.6 Å². The minimum absolute atomic E-state index is 0.0929. The third kappa shape index (κ3) is 2.37. The third-order valence-electron chi connectivity index (χ3n) is 2.98. The molecule has 0 N–H and O–H groups in total. The highest BCUT2D eigenvalue weighted by Crippen LogP contribution is 2.33. The predicted molar refractivity (Wildman–Crippen MR) is 89.6 cm³/mol. The van der Waals surface area contributed by atoms with Crippen molar-refractivity contribution in [1.82, 2.24) is 0 Å². The molecule has 0 saturated heterocycles. The molecule has 0 bridgehead atoms. The summed E-state index contributed by atoms with van der Waals surface area (Å²) in [6.45, 7) is 6.45. The highest BCUT2D eigenvalue weighted by molar-refractivity contribution is 7.24. The molecule has 2 nitrogen and oxygen atoms in total. The first kappa shape index (κ1) is 13.3. The van der Waals surface area contributed by atoms with Gasteiger partial charge in [0, 0.05) is 15.5 Å². The summed E-state index contributed by atoms with van der Waals surface area (Å²) in [4.78, 5) is 12.6. The van der Waals surface area contributed by atoms with Gasteiger partial charge < -0.3 is 4.43 Å². The monoisotopic (exact) mass is 300 g/mol. The van der Waals surface area contributed by atoms with Crippen molar-refractivity contribution >= 4 is 39.8 Å². The largest absolute Gasteiger partial charge is 0.543 e. The average Bonchev–Trinajstić information content (AvgIpc) is 2.39. The molecule has 0 aliphatic carbocycles. The Balaban J connectivity index is 2.37. The number of hydrogen-bond donors (Lipinski definition) is 0. The summed E-state index contributed by atoms with van der Waals surface area (Å²) in [7, 11) is -1.70. The molecule has 0 fully saturated rings. The minimum atomic E-state index is -1.70. The quantitative estimate of drug-likeness (QED) is 0.509. The first-order valence-electron chi connectivity index (χ1n) is 6.59. The molecule has 0 atom stereocenters. The Bertz CT molecular complexity index is 846. The van der Waals surface area contributed by atoms with Gasteiger partial charge in [-0.05, 0) is 43.9 Å². The topological polar surface area (TPSA) is 26.3 Å². The van der Waals surface area contributed by atoms with Gasteiger partial charge in [0.25, 0.3) is 0 Å². The summed E-state index contributed by atoms with van der Waals surface area (Å²) in [5.41, 5.74) is 0.0929. The number of hydrogen-bond acceptors (Lipinski definition) is 3. The van der Waals surface area contributed by atoms with Gasteiger partial charge in [0.1, 0.15) is 5.75 Å². The van der Waals surface area contributed by atoms with Crippen molar-refractivity contribution in [3.05, 3.63) is 52.7 Å². The molecule has 4 heteroatoms. The molecule has 3 aromatic rings. The maximum atomic E-state index is 12.6. The van der Waals surface area contributed by atoms with E-state index in [-0.39, 0.29) is 5.43 Å². The van der Waals surface area contributed by atoms with Crippen LogP contribution >= 0.6 is 11.3 Å². The zero-order valence-electron chi connectivity index (χ0n) is 11.8. The van der Waals surface area contributed by atoms with Crippen molar-refractivity contribution in [2.24, 2.45) is 0 Å². The summed E-state index contributed by atoms with van der Waals surface area (Å²) in [5.74, 6) is 0.842. The van der Waals surface area contributed by atoms with E-state index in [1.165, 1.54) is 0 Å². The SMILES string of the molecule is C[Si](C)(C)Oc1cccc2c(=O)c3ccccc3sc12. The van der Waals surface area contributed by atoms with Gasteiger partial charge in [0.05, 0.1) is 4.70 Å². The van der Waals surface area contributed by atoms with E-state index in [1.54, 1.807) is 11.3 Å². The summed E-state index contributed by atoms with van der Waals surface area (Å²) in [6, 6.07) is 13.5. The standard InChI is InChI=1S/C16H16O2SSi/c1-20(2,3)18-13-9-6-8-12-15(17)11-7-4-5-10-14(11)19-16(12)13/h4-10H,1-3H3. The predicted octanol–water partition coefficient (Wildman–Crippen LogP) is 4.63. The lowest BCUT2D eigenvalue weighted by Crippen LogP contribution is -2.29. The average molecular weight is 300 g/mol. The molecule has 0 unspecified atom stereocenters. The summed E-state index contributed by atoms with van der Waals surface area (Å²) in [5, 5.41) is 1.54. The molecule has 102 valence electrons. The van der Waals surface area contributed by atoms with Gasteiger partial charge in [0.15, 0.2) is 5.43 Å². The Labute approximate surface area is 122 Å². The highest BCUT2D eigenvalue weighted by Gasteiger charge is 2.18. The summed E-state index contributed by atoms with van der Waals surface area (Å²) >= 11 is 1.63. The fourth-order valence-electron chi connectivity index (χ4n) is 2.21. The zero-order chi connectivity index (χ0) is 14.3. The Morgan fingerprint density at radius 1 is 0.950 bits per heavy atom. The van der Waals surface area contributed by atoms with Crippen LogP contribution in [0, 0.1) is 0 Å². The first-order chi connectivity index (χ1) is 9.46. The normalized spacial score (nSPS) is 11.9.